The van der Waals surface area contributed by atoms with Gasteiger partial charge in [0, 0.05) is 18.0 Å². The Labute approximate surface area is 83.6 Å². The van der Waals surface area contributed by atoms with E-state index in [1.807, 2.05) is 0 Å². The summed E-state index contributed by atoms with van der Waals surface area (Å²) in [5.41, 5.74) is 1.24. The first kappa shape index (κ1) is 9.00. The summed E-state index contributed by atoms with van der Waals surface area (Å²) in [6.07, 6.45) is 3.70. The van der Waals surface area contributed by atoms with Gasteiger partial charge in [-0.25, -0.2) is 4.98 Å². The van der Waals surface area contributed by atoms with Crippen LogP contribution in [0.1, 0.15) is 32.4 Å². The molecule has 2 nitrogen and oxygen atoms in total. The number of nitrogens with zero attached hydrogens (tertiary/aromatic N) is 2. The van der Waals surface area contributed by atoms with E-state index in [1.54, 1.807) is 11.3 Å². The third-order valence-corrected chi connectivity index (χ3v) is 3.63. The van der Waals surface area contributed by atoms with Crippen LogP contribution in [0, 0.1) is 0 Å². The lowest BCUT2D eigenvalue weighted by molar-refractivity contribution is 0.732. The summed E-state index contributed by atoms with van der Waals surface area (Å²) in [4.78, 5) is 7.04. The van der Waals surface area contributed by atoms with Crippen molar-refractivity contribution in [3.05, 3.63) is 11.1 Å². The number of aromatic nitrogens is 1. The minimum atomic E-state index is 0.691. The molecule has 0 amide bonds. The van der Waals surface area contributed by atoms with E-state index in [9.17, 15) is 0 Å². The maximum Gasteiger partial charge on any atom is 0.185 e. The zero-order chi connectivity index (χ0) is 9.26. The van der Waals surface area contributed by atoms with Gasteiger partial charge in [0.1, 0.15) is 0 Å². The van der Waals surface area contributed by atoms with E-state index in [-0.39, 0.29) is 0 Å². The Morgan fingerprint density at radius 2 is 2.54 bits per heavy atom. The van der Waals surface area contributed by atoms with E-state index in [2.05, 4.69) is 29.1 Å². The SMILES string of the molecule is CCc1csc(N2CCCC2C)n1. The monoisotopic (exact) mass is 196 g/mol. The molecule has 1 fully saturated rings. The molecular formula is C10H16N2S. The summed E-state index contributed by atoms with van der Waals surface area (Å²) < 4.78 is 0. The molecule has 0 spiro atoms. The van der Waals surface area contributed by atoms with Gasteiger partial charge in [-0.15, -0.1) is 11.3 Å². The first-order valence-corrected chi connectivity index (χ1v) is 5.90. The van der Waals surface area contributed by atoms with Crippen LogP contribution in [0.15, 0.2) is 5.38 Å². The smallest absolute Gasteiger partial charge is 0.185 e. The quantitative estimate of drug-likeness (QED) is 0.723. The topological polar surface area (TPSA) is 16.1 Å². The van der Waals surface area contributed by atoms with Crippen molar-refractivity contribution >= 4 is 16.5 Å². The van der Waals surface area contributed by atoms with E-state index >= 15 is 0 Å². The van der Waals surface area contributed by atoms with Crippen LogP contribution in [0.4, 0.5) is 5.13 Å². The molecule has 1 aliphatic rings. The van der Waals surface area contributed by atoms with E-state index in [4.69, 9.17) is 0 Å². The number of aryl methyl sites for hydroxylation is 1. The highest BCUT2D eigenvalue weighted by Gasteiger charge is 2.22. The normalized spacial score (nSPS) is 22.6. The predicted molar refractivity (Wildman–Crippen MR) is 57.5 cm³/mol. The van der Waals surface area contributed by atoms with Crippen LogP contribution < -0.4 is 4.90 Å². The van der Waals surface area contributed by atoms with Crippen LogP contribution in [0.5, 0.6) is 0 Å². The van der Waals surface area contributed by atoms with Crippen molar-refractivity contribution < 1.29 is 0 Å². The molecular weight excluding hydrogens is 180 g/mol. The Balaban J connectivity index is 2.15. The van der Waals surface area contributed by atoms with Gasteiger partial charge in [0.25, 0.3) is 0 Å². The van der Waals surface area contributed by atoms with Crippen molar-refractivity contribution in [1.29, 1.82) is 0 Å². The van der Waals surface area contributed by atoms with Crippen molar-refractivity contribution in [1.82, 2.24) is 4.98 Å². The molecule has 72 valence electrons. The van der Waals surface area contributed by atoms with E-state index in [1.165, 1.54) is 30.2 Å². The molecule has 1 aromatic rings. The zero-order valence-electron chi connectivity index (χ0n) is 8.29. The molecule has 0 saturated carbocycles. The minimum absolute atomic E-state index is 0.691. The summed E-state index contributed by atoms with van der Waals surface area (Å²) in [7, 11) is 0. The molecule has 13 heavy (non-hydrogen) atoms. The third kappa shape index (κ3) is 1.70. The van der Waals surface area contributed by atoms with Crippen LogP contribution in [-0.2, 0) is 6.42 Å². The summed E-state index contributed by atoms with van der Waals surface area (Å²) in [5, 5.41) is 3.40. The van der Waals surface area contributed by atoms with Crippen molar-refractivity contribution in [2.24, 2.45) is 0 Å². The Morgan fingerprint density at radius 1 is 1.69 bits per heavy atom. The van der Waals surface area contributed by atoms with Gasteiger partial charge in [-0.1, -0.05) is 6.92 Å². The fourth-order valence-electron chi connectivity index (χ4n) is 1.81. The fraction of sp³-hybridized carbons (Fsp3) is 0.700. The molecule has 2 heterocycles. The molecule has 0 radical (unpaired) electrons. The van der Waals surface area contributed by atoms with E-state index in [0.29, 0.717) is 6.04 Å². The third-order valence-electron chi connectivity index (χ3n) is 2.70. The standard InChI is InChI=1S/C10H16N2S/c1-3-9-7-13-10(11-9)12-6-4-5-8(12)2/h7-8H,3-6H2,1-2H3. The number of thiazole rings is 1. The van der Waals surface area contributed by atoms with Crippen molar-refractivity contribution in [2.45, 2.75) is 39.2 Å². The van der Waals surface area contributed by atoms with Crippen molar-refractivity contribution in [3.63, 3.8) is 0 Å². The van der Waals surface area contributed by atoms with Crippen LogP contribution in [-0.4, -0.2) is 17.6 Å². The van der Waals surface area contributed by atoms with E-state index in [0.717, 1.165) is 6.42 Å². The second kappa shape index (κ2) is 3.66. The summed E-state index contributed by atoms with van der Waals surface area (Å²) in [6, 6.07) is 0.691. The number of rotatable bonds is 2. The highest BCUT2D eigenvalue weighted by molar-refractivity contribution is 7.13. The first-order chi connectivity index (χ1) is 6.31. The van der Waals surface area contributed by atoms with Gasteiger partial charge in [0.15, 0.2) is 5.13 Å². The average molecular weight is 196 g/mol. The number of anilines is 1. The highest BCUT2D eigenvalue weighted by Crippen LogP contribution is 2.28. The van der Waals surface area contributed by atoms with Gasteiger partial charge in [-0.2, -0.15) is 0 Å². The van der Waals surface area contributed by atoms with Gasteiger partial charge in [0.05, 0.1) is 5.69 Å². The summed E-state index contributed by atoms with van der Waals surface area (Å²) >= 11 is 1.79. The van der Waals surface area contributed by atoms with E-state index < -0.39 is 0 Å². The second-order valence-electron chi connectivity index (χ2n) is 3.66. The molecule has 2 rings (SSSR count). The van der Waals surface area contributed by atoms with Gasteiger partial charge < -0.3 is 4.90 Å². The van der Waals surface area contributed by atoms with Crippen LogP contribution in [0.3, 0.4) is 0 Å². The molecule has 0 N–H and O–H groups in total. The van der Waals surface area contributed by atoms with Gasteiger partial charge in [-0.05, 0) is 26.2 Å². The Morgan fingerprint density at radius 3 is 3.08 bits per heavy atom. The Kier molecular flexibility index (Phi) is 2.54. The first-order valence-electron chi connectivity index (χ1n) is 5.02. The lowest BCUT2D eigenvalue weighted by Gasteiger charge is -2.19. The number of hydrogen-bond donors (Lipinski definition) is 0. The van der Waals surface area contributed by atoms with Crippen molar-refractivity contribution in [2.75, 3.05) is 11.4 Å². The molecule has 1 unspecified atom stereocenters. The average Bonchev–Trinajstić information content (AvgIpc) is 2.71. The summed E-state index contributed by atoms with van der Waals surface area (Å²) in [6.45, 7) is 5.64. The Hall–Kier alpha value is -0.570. The molecule has 0 aromatic carbocycles. The molecule has 1 aliphatic heterocycles. The second-order valence-corrected chi connectivity index (χ2v) is 4.50. The molecule has 1 atom stereocenters. The predicted octanol–water partition coefficient (Wildman–Crippen LogP) is 2.69. The van der Waals surface area contributed by atoms with Gasteiger partial charge >= 0.3 is 0 Å². The minimum Gasteiger partial charge on any atom is -0.345 e. The van der Waals surface area contributed by atoms with Gasteiger partial charge in [0.2, 0.25) is 0 Å². The highest BCUT2D eigenvalue weighted by atomic mass is 32.1. The lowest BCUT2D eigenvalue weighted by atomic mass is 10.2. The van der Waals surface area contributed by atoms with Crippen LogP contribution in [0.25, 0.3) is 0 Å². The number of hydrogen-bond acceptors (Lipinski definition) is 3. The maximum absolute atomic E-state index is 4.61. The van der Waals surface area contributed by atoms with Crippen LogP contribution >= 0.6 is 11.3 Å². The maximum atomic E-state index is 4.61. The fourth-order valence-corrected chi connectivity index (χ4v) is 2.85. The molecule has 0 bridgehead atoms. The Bertz CT molecular complexity index is 282. The molecule has 1 aromatic heterocycles. The zero-order valence-corrected chi connectivity index (χ0v) is 9.10. The summed E-state index contributed by atoms with van der Waals surface area (Å²) in [5.74, 6) is 0. The molecule has 3 heteroatoms. The van der Waals surface area contributed by atoms with Crippen LogP contribution in [0.2, 0.25) is 0 Å². The lowest BCUT2D eigenvalue weighted by Crippen LogP contribution is -2.25. The van der Waals surface area contributed by atoms with Gasteiger partial charge in [-0.3, -0.25) is 0 Å². The largest absolute Gasteiger partial charge is 0.345 e. The van der Waals surface area contributed by atoms with Crippen molar-refractivity contribution in [3.8, 4) is 0 Å². The molecule has 1 saturated heterocycles. The molecule has 0 aliphatic carbocycles.